The quantitative estimate of drug-likeness (QED) is 0.323. The van der Waals surface area contributed by atoms with Crippen LogP contribution in [0.1, 0.15) is 48.7 Å². The zero-order valence-corrected chi connectivity index (χ0v) is 23.0. The molecule has 1 aromatic heterocycles. The molecule has 0 radical (unpaired) electrons. The van der Waals surface area contributed by atoms with Crippen LogP contribution in [0.4, 0.5) is 4.79 Å². The lowest BCUT2D eigenvalue weighted by Gasteiger charge is -2.28. The van der Waals surface area contributed by atoms with Crippen LogP contribution in [0.3, 0.4) is 0 Å². The zero-order chi connectivity index (χ0) is 28.7. The predicted octanol–water partition coefficient (Wildman–Crippen LogP) is 3.83. The van der Waals surface area contributed by atoms with Gasteiger partial charge in [-0.05, 0) is 69.2 Å². The van der Waals surface area contributed by atoms with Crippen LogP contribution in [0.15, 0.2) is 73.3 Å². The van der Waals surface area contributed by atoms with Crippen LogP contribution >= 0.6 is 0 Å². The Bertz CT molecular complexity index is 1390. The van der Waals surface area contributed by atoms with E-state index in [0.29, 0.717) is 42.9 Å². The Hall–Kier alpha value is -4.45. The first kappa shape index (κ1) is 27.1. The highest BCUT2D eigenvalue weighted by Crippen LogP contribution is 2.52. The van der Waals surface area contributed by atoms with Crippen LogP contribution in [0.25, 0.3) is 0 Å². The molecule has 2 aromatic rings. The van der Waals surface area contributed by atoms with E-state index in [0.717, 1.165) is 5.56 Å². The first-order valence-electron chi connectivity index (χ1n) is 13.4. The van der Waals surface area contributed by atoms with Gasteiger partial charge in [-0.1, -0.05) is 6.08 Å². The van der Waals surface area contributed by atoms with Crippen LogP contribution in [0.5, 0.6) is 0 Å². The Labute approximate surface area is 234 Å². The molecule has 206 valence electrons. The van der Waals surface area contributed by atoms with Crippen LogP contribution in [0.2, 0.25) is 0 Å². The Morgan fingerprint density at radius 3 is 2.40 bits per heavy atom. The highest BCUT2D eigenvalue weighted by Gasteiger charge is 2.65. The molecule has 3 heterocycles. The van der Waals surface area contributed by atoms with Crippen molar-refractivity contribution in [2.75, 3.05) is 13.1 Å². The number of likely N-dealkylation sites (tertiary alicyclic amines) is 1. The van der Waals surface area contributed by atoms with Gasteiger partial charge in [0.25, 0.3) is 5.91 Å². The summed E-state index contributed by atoms with van der Waals surface area (Å²) in [5.74, 6) is 0.230. The van der Waals surface area contributed by atoms with E-state index in [9.17, 15) is 14.4 Å². The molecule has 0 spiro atoms. The maximum absolute atomic E-state index is 14.3. The lowest BCUT2D eigenvalue weighted by atomic mass is 9.87. The molecule has 2 unspecified atom stereocenters. The summed E-state index contributed by atoms with van der Waals surface area (Å²) in [6.45, 7) is 10.4. The van der Waals surface area contributed by atoms with E-state index >= 15 is 0 Å². The number of amides is 2. The summed E-state index contributed by atoms with van der Waals surface area (Å²) in [7, 11) is 0. The molecule has 4 atom stereocenters. The average Bonchev–Trinajstić information content (AvgIpc) is 3.25. The number of nitrogens with one attached hydrogen (secondary N) is 1. The van der Waals surface area contributed by atoms with Crippen molar-refractivity contribution in [3.8, 4) is 6.07 Å². The molecule has 3 aliphatic rings. The second kappa shape index (κ2) is 10.3. The number of nitriles is 1. The van der Waals surface area contributed by atoms with Gasteiger partial charge in [-0.3, -0.25) is 19.5 Å². The van der Waals surface area contributed by atoms with E-state index in [2.05, 4.69) is 22.9 Å². The number of fused-ring (bicyclic) bond motifs is 1. The van der Waals surface area contributed by atoms with E-state index in [1.54, 1.807) is 52.5 Å². The van der Waals surface area contributed by atoms with Gasteiger partial charge in [-0.2, -0.15) is 5.26 Å². The fourth-order valence-corrected chi connectivity index (χ4v) is 5.80. The summed E-state index contributed by atoms with van der Waals surface area (Å²) >= 11 is 0. The van der Waals surface area contributed by atoms with Crippen molar-refractivity contribution in [2.45, 2.75) is 50.8 Å². The lowest BCUT2D eigenvalue weighted by molar-refractivity contribution is -0.132. The first-order chi connectivity index (χ1) is 19.0. The maximum atomic E-state index is 14.3. The number of piperidine rings is 1. The summed E-state index contributed by atoms with van der Waals surface area (Å²) < 4.78 is 5.54. The SMILES string of the molecule is C=CCC1(Cc2ccncc2)NC(=CC(=O)c2ccc(C#N)cc2)N(C2[C@H]3CN(C(=O)OC(C)(C)C)C[C@@H]23)C1=O. The number of ether oxygens (including phenoxy) is 1. The maximum Gasteiger partial charge on any atom is 0.410 e. The first-order valence-corrected chi connectivity index (χ1v) is 13.4. The standard InChI is InChI=1S/C31H33N5O4/c1-5-12-31(16-20-10-13-33-14-11-20)28(38)36(26(34-31)15-25(37)22-8-6-21(17-32)7-9-22)27-23-18-35(19-24(23)27)29(39)40-30(2,3)4/h5-11,13-15,23-24,27,34H,1,12,16,18-19H2,2-4H3/t23-,24+,27?,31?. The van der Waals surface area contributed by atoms with Gasteiger partial charge in [0.05, 0.1) is 11.6 Å². The topological polar surface area (TPSA) is 116 Å². The fourth-order valence-electron chi connectivity index (χ4n) is 5.80. The second-order valence-electron chi connectivity index (χ2n) is 11.7. The van der Waals surface area contributed by atoms with E-state index in [-0.39, 0.29) is 35.7 Å². The summed E-state index contributed by atoms with van der Waals surface area (Å²) in [5.41, 5.74) is 0.217. The molecule has 9 heteroatoms. The van der Waals surface area contributed by atoms with Gasteiger partial charge in [0.1, 0.15) is 17.0 Å². The number of hydrogen-bond acceptors (Lipinski definition) is 7. The molecule has 5 rings (SSSR count). The number of allylic oxidation sites excluding steroid dienone is 1. The number of nitrogens with zero attached hydrogens (tertiary/aromatic N) is 4. The number of rotatable bonds is 7. The molecule has 0 bridgehead atoms. The van der Waals surface area contributed by atoms with E-state index in [1.807, 2.05) is 32.9 Å². The van der Waals surface area contributed by atoms with Crippen molar-refractivity contribution in [3.63, 3.8) is 0 Å². The largest absolute Gasteiger partial charge is 0.444 e. The number of aromatic nitrogens is 1. The number of hydrogen-bond donors (Lipinski definition) is 1. The molecule has 2 aliphatic heterocycles. The second-order valence-corrected chi connectivity index (χ2v) is 11.7. The number of carbonyl (C=O) groups excluding carboxylic acids is 3. The van der Waals surface area contributed by atoms with Gasteiger partial charge < -0.3 is 15.0 Å². The molecular formula is C31H33N5O4. The van der Waals surface area contributed by atoms with Crippen LogP contribution in [-0.2, 0) is 16.0 Å². The van der Waals surface area contributed by atoms with Crippen molar-refractivity contribution in [1.82, 2.24) is 20.1 Å². The van der Waals surface area contributed by atoms with E-state index < -0.39 is 11.1 Å². The highest BCUT2D eigenvalue weighted by molar-refractivity contribution is 6.06. The molecule has 9 nitrogen and oxygen atoms in total. The third-order valence-corrected chi connectivity index (χ3v) is 7.67. The van der Waals surface area contributed by atoms with Crippen molar-refractivity contribution in [3.05, 3.63) is 90.0 Å². The van der Waals surface area contributed by atoms with Crippen molar-refractivity contribution in [2.24, 2.45) is 11.8 Å². The van der Waals surface area contributed by atoms with Crippen LogP contribution in [-0.4, -0.2) is 62.8 Å². The molecular weight excluding hydrogens is 506 g/mol. The van der Waals surface area contributed by atoms with E-state index in [1.165, 1.54) is 6.08 Å². The minimum absolute atomic E-state index is 0.0899. The van der Waals surface area contributed by atoms with Crippen molar-refractivity contribution in [1.29, 1.82) is 5.26 Å². The predicted molar refractivity (Wildman–Crippen MR) is 148 cm³/mol. The molecule has 1 saturated carbocycles. The third-order valence-electron chi connectivity index (χ3n) is 7.67. The summed E-state index contributed by atoms with van der Waals surface area (Å²) in [4.78, 5) is 47.7. The monoisotopic (exact) mass is 539 g/mol. The molecule has 1 aliphatic carbocycles. The Morgan fingerprint density at radius 2 is 1.82 bits per heavy atom. The normalized spacial score (nSPS) is 26.2. The summed E-state index contributed by atoms with van der Waals surface area (Å²) in [6.07, 6.45) is 6.97. The fraction of sp³-hybridized carbons (Fsp3) is 0.387. The number of pyridine rings is 1. The number of ketones is 1. The average molecular weight is 540 g/mol. The van der Waals surface area contributed by atoms with Crippen LogP contribution in [0, 0.1) is 23.2 Å². The smallest absolute Gasteiger partial charge is 0.410 e. The van der Waals surface area contributed by atoms with Gasteiger partial charge in [0.15, 0.2) is 5.78 Å². The van der Waals surface area contributed by atoms with Crippen molar-refractivity contribution >= 4 is 17.8 Å². The van der Waals surface area contributed by atoms with Gasteiger partial charge in [-0.25, -0.2) is 4.79 Å². The number of carbonyl (C=O) groups is 3. The summed E-state index contributed by atoms with van der Waals surface area (Å²) in [6, 6.07) is 12.1. The van der Waals surface area contributed by atoms with Gasteiger partial charge in [-0.15, -0.1) is 6.58 Å². The van der Waals surface area contributed by atoms with Gasteiger partial charge in [0.2, 0.25) is 0 Å². The molecule has 40 heavy (non-hydrogen) atoms. The third kappa shape index (κ3) is 5.22. The molecule has 2 amide bonds. The van der Waals surface area contributed by atoms with Crippen LogP contribution < -0.4 is 5.32 Å². The minimum Gasteiger partial charge on any atom is -0.444 e. The Kier molecular flexibility index (Phi) is 6.96. The van der Waals surface area contributed by atoms with Crippen molar-refractivity contribution < 1.29 is 19.1 Å². The molecule has 1 N–H and O–H groups in total. The lowest BCUT2D eigenvalue weighted by Crippen LogP contribution is -2.49. The zero-order valence-electron chi connectivity index (χ0n) is 23.0. The molecule has 3 fully saturated rings. The van der Waals surface area contributed by atoms with Gasteiger partial charge >= 0.3 is 6.09 Å². The minimum atomic E-state index is -1.01. The van der Waals surface area contributed by atoms with E-state index in [4.69, 9.17) is 10.00 Å². The number of benzene rings is 1. The molecule has 2 saturated heterocycles. The molecule has 1 aromatic carbocycles. The highest BCUT2D eigenvalue weighted by atomic mass is 16.6. The Balaban J connectivity index is 1.44. The Morgan fingerprint density at radius 1 is 1.18 bits per heavy atom. The summed E-state index contributed by atoms with van der Waals surface area (Å²) in [5, 5.41) is 12.5. The van der Waals surface area contributed by atoms with Gasteiger partial charge in [0, 0.05) is 61.4 Å².